The Bertz CT molecular complexity index is 371. The Morgan fingerprint density at radius 2 is 1.74 bits per heavy atom. The van der Waals surface area contributed by atoms with Gasteiger partial charge in [-0.1, -0.05) is 12.1 Å². The predicted octanol–water partition coefficient (Wildman–Crippen LogP) is 4.24. The van der Waals surface area contributed by atoms with E-state index in [1.54, 1.807) is 24.3 Å². The maximum atomic E-state index is 12.0. The fraction of sp³-hybridized carbons (Fsp3) is 0.571. The number of ether oxygens (including phenoxy) is 1. The van der Waals surface area contributed by atoms with E-state index in [0.29, 0.717) is 11.3 Å². The molecule has 0 fully saturated rings. The van der Waals surface area contributed by atoms with Crippen LogP contribution in [0.2, 0.25) is 0 Å². The van der Waals surface area contributed by atoms with Crippen LogP contribution in [0.5, 0.6) is 5.75 Å². The first-order valence-electron chi connectivity index (χ1n) is 6.29. The maximum Gasteiger partial charge on any atom is 0.389 e. The van der Waals surface area contributed by atoms with Crippen LogP contribution in [0.25, 0.3) is 0 Å². The molecule has 1 aromatic carbocycles. The third-order valence-electron chi connectivity index (χ3n) is 2.57. The molecule has 0 aliphatic heterocycles. The van der Waals surface area contributed by atoms with Gasteiger partial charge in [-0.3, -0.25) is 0 Å². The largest absolute Gasteiger partial charge is 0.491 e. The number of hydrogen-bond acceptors (Lipinski definition) is 2. The molecule has 0 aromatic heterocycles. The Morgan fingerprint density at radius 3 is 2.21 bits per heavy atom. The molecule has 1 atom stereocenters. The fourth-order valence-electron chi connectivity index (χ4n) is 1.70. The lowest BCUT2D eigenvalue weighted by atomic mass is 10.0. The molecule has 0 radical (unpaired) electrons. The average molecular weight is 276 g/mol. The first-order valence-corrected chi connectivity index (χ1v) is 6.29. The summed E-state index contributed by atoms with van der Waals surface area (Å²) in [5, 5.41) is 9.78. The third kappa shape index (κ3) is 6.47. The van der Waals surface area contributed by atoms with Crippen LogP contribution in [0.4, 0.5) is 13.2 Å². The average Bonchev–Trinajstić information content (AvgIpc) is 2.27. The van der Waals surface area contributed by atoms with E-state index < -0.39 is 18.7 Å². The highest BCUT2D eigenvalue weighted by atomic mass is 19.4. The molecule has 19 heavy (non-hydrogen) atoms. The zero-order chi connectivity index (χ0) is 14.5. The summed E-state index contributed by atoms with van der Waals surface area (Å²) in [5.74, 6) is 0.682. The number of alkyl halides is 3. The van der Waals surface area contributed by atoms with Crippen molar-refractivity contribution in [2.24, 2.45) is 0 Å². The van der Waals surface area contributed by atoms with Crippen molar-refractivity contribution in [3.05, 3.63) is 29.8 Å². The van der Waals surface area contributed by atoms with E-state index in [1.165, 1.54) is 0 Å². The van der Waals surface area contributed by atoms with Crippen LogP contribution in [-0.2, 0) is 0 Å². The molecule has 2 nitrogen and oxygen atoms in total. The van der Waals surface area contributed by atoms with Gasteiger partial charge in [0.25, 0.3) is 0 Å². The molecular weight excluding hydrogens is 257 g/mol. The van der Waals surface area contributed by atoms with Crippen LogP contribution < -0.4 is 4.74 Å². The van der Waals surface area contributed by atoms with Gasteiger partial charge in [-0.15, -0.1) is 0 Å². The summed E-state index contributed by atoms with van der Waals surface area (Å²) in [6, 6.07) is 6.77. The normalized spacial score (nSPS) is 13.6. The number of rotatable bonds is 6. The summed E-state index contributed by atoms with van der Waals surface area (Å²) in [5.41, 5.74) is 0.610. The minimum atomic E-state index is -4.16. The minimum Gasteiger partial charge on any atom is -0.491 e. The van der Waals surface area contributed by atoms with Crippen molar-refractivity contribution in [1.29, 1.82) is 0 Å². The van der Waals surface area contributed by atoms with Crippen molar-refractivity contribution in [2.45, 2.75) is 51.5 Å². The number of benzene rings is 1. The first-order chi connectivity index (χ1) is 8.78. The lowest BCUT2D eigenvalue weighted by Gasteiger charge is -2.14. The van der Waals surface area contributed by atoms with Crippen LogP contribution in [0.1, 0.15) is 44.8 Å². The highest BCUT2D eigenvalue weighted by Gasteiger charge is 2.26. The Morgan fingerprint density at radius 1 is 1.16 bits per heavy atom. The standard InChI is InChI=1S/C14H19F3O2/c1-10(2)19-12-7-5-11(6-8-12)13(18)4-3-9-14(15,16)17/h5-8,10,13,18H,3-4,9H2,1-2H3. The molecule has 0 amide bonds. The van der Waals surface area contributed by atoms with Gasteiger partial charge in [0.1, 0.15) is 5.75 Å². The zero-order valence-electron chi connectivity index (χ0n) is 11.1. The smallest absolute Gasteiger partial charge is 0.389 e. The van der Waals surface area contributed by atoms with Gasteiger partial charge < -0.3 is 9.84 Å². The number of aliphatic hydroxyl groups is 1. The molecule has 5 heteroatoms. The van der Waals surface area contributed by atoms with E-state index in [0.717, 1.165) is 0 Å². The van der Waals surface area contributed by atoms with Gasteiger partial charge in [-0.2, -0.15) is 13.2 Å². The lowest BCUT2D eigenvalue weighted by molar-refractivity contribution is -0.136. The molecule has 0 saturated heterocycles. The molecule has 1 N–H and O–H groups in total. The molecular formula is C14H19F3O2. The number of aliphatic hydroxyl groups excluding tert-OH is 1. The summed E-state index contributed by atoms with van der Waals surface area (Å²) in [7, 11) is 0. The second-order valence-electron chi connectivity index (χ2n) is 4.76. The number of halogens is 3. The van der Waals surface area contributed by atoms with E-state index in [4.69, 9.17) is 4.74 Å². The lowest BCUT2D eigenvalue weighted by Crippen LogP contribution is -2.08. The van der Waals surface area contributed by atoms with Crippen LogP contribution in [0.3, 0.4) is 0 Å². The van der Waals surface area contributed by atoms with Crippen LogP contribution in [0, 0.1) is 0 Å². The van der Waals surface area contributed by atoms with Crippen molar-refractivity contribution < 1.29 is 23.0 Å². The van der Waals surface area contributed by atoms with Crippen LogP contribution in [0.15, 0.2) is 24.3 Å². The molecule has 0 heterocycles. The molecule has 0 aliphatic carbocycles. The van der Waals surface area contributed by atoms with Crippen LogP contribution in [-0.4, -0.2) is 17.4 Å². The monoisotopic (exact) mass is 276 g/mol. The molecule has 0 spiro atoms. The summed E-state index contributed by atoms with van der Waals surface area (Å²) < 4.78 is 41.4. The highest BCUT2D eigenvalue weighted by molar-refractivity contribution is 5.28. The van der Waals surface area contributed by atoms with Gasteiger partial charge in [0.15, 0.2) is 0 Å². The predicted molar refractivity (Wildman–Crippen MR) is 67.1 cm³/mol. The van der Waals surface area contributed by atoms with Crippen molar-refractivity contribution >= 4 is 0 Å². The Kier molecular flexibility index (Phi) is 5.66. The summed E-state index contributed by atoms with van der Waals surface area (Å²) >= 11 is 0. The van der Waals surface area contributed by atoms with Gasteiger partial charge in [0, 0.05) is 6.42 Å². The molecule has 0 saturated carbocycles. The first kappa shape index (κ1) is 15.8. The van der Waals surface area contributed by atoms with Gasteiger partial charge in [-0.25, -0.2) is 0 Å². The van der Waals surface area contributed by atoms with Gasteiger partial charge in [0.05, 0.1) is 12.2 Å². The van der Waals surface area contributed by atoms with Crippen LogP contribution >= 0.6 is 0 Å². The quantitative estimate of drug-likeness (QED) is 0.842. The molecule has 108 valence electrons. The molecule has 1 unspecified atom stereocenters. The Hall–Kier alpha value is -1.23. The van der Waals surface area contributed by atoms with E-state index in [9.17, 15) is 18.3 Å². The van der Waals surface area contributed by atoms with Crippen molar-refractivity contribution in [3.63, 3.8) is 0 Å². The summed E-state index contributed by atoms with van der Waals surface area (Å²) in [6.07, 6.45) is -5.80. The highest BCUT2D eigenvalue weighted by Crippen LogP contribution is 2.27. The van der Waals surface area contributed by atoms with Crippen molar-refractivity contribution in [1.82, 2.24) is 0 Å². The van der Waals surface area contributed by atoms with Gasteiger partial charge >= 0.3 is 6.18 Å². The third-order valence-corrected chi connectivity index (χ3v) is 2.57. The molecule has 1 aromatic rings. The molecule has 1 rings (SSSR count). The summed E-state index contributed by atoms with van der Waals surface area (Å²) in [6.45, 7) is 3.81. The van der Waals surface area contributed by atoms with E-state index >= 15 is 0 Å². The van der Waals surface area contributed by atoms with Gasteiger partial charge in [-0.05, 0) is 44.4 Å². The summed E-state index contributed by atoms with van der Waals surface area (Å²) in [4.78, 5) is 0. The number of hydrogen-bond donors (Lipinski definition) is 1. The van der Waals surface area contributed by atoms with E-state index in [1.807, 2.05) is 13.8 Å². The topological polar surface area (TPSA) is 29.5 Å². The zero-order valence-corrected chi connectivity index (χ0v) is 11.1. The SMILES string of the molecule is CC(C)Oc1ccc(C(O)CCCC(F)(F)F)cc1. The molecule has 0 bridgehead atoms. The minimum absolute atomic E-state index is 0.0579. The fourth-order valence-corrected chi connectivity index (χ4v) is 1.70. The second-order valence-corrected chi connectivity index (χ2v) is 4.76. The van der Waals surface area contributed by atoms with Crippen molar-refractivity contribution in [3.8, 4) is 5.75 Å². The van der Waals surface area contributed by atoms with E-state index in [2.05, 4.69) is 0 Å². The van der Waals surface area contributed by atoms with Crippen molar-refractivity contribution in [2.75, 3.05) is 0 Å². The Balaban J connectivity index is 2.46. The second kappa shape index (κ2) is 6.80. The van der Waals surface area contributed by atoms with Gasteiger partial charge in [0.2, 0.25) is 0 Å². The molecule has 0 aliphatic rings. The van der Waals surface area contributed by atoms with E-state index in [-0.39, 0.29) is 18.9 Å². The maximum absolute atomic E-state index is 12.0. The Labute approximate surface area is 111 Å².